The van der Waals surface area contributed by atoms with Crippen molar-refractivity contribution < 1.29 is 14.3 Å². The van der Waals surface area contributed by atoms with Crippen LogP contribution >= 0.6 is 0 Å². The molecule has 1 aliphatic heterocycles. The van der Waals surface area contributed by atoms with Gasteiger partial charge in [-0.15, -0.1) is 0 Å². The zero-order valence-corrected chi connectivity index (χ0v) is 16.2. The maximum absolute atomic E-state index is 12.3. The summed E-state index contributed by atoms with van der Waals surface area (Å²) in [5.41, 5.74) is 3.67. The molecule has 1 aliphatic rings. The molecule has 0 bridgehead atoms. The molecule has 0 saturated heterocycles. The fraction of sp³-hybridized carbons (Fsp3) is 0.333. The number of hydrogen-bond acceptors (Lipinski definition) is 4. The molecular weight excluding hydrogens is 356 g/mol. The number of benzene rings is 2. The van der Waals surface area contributed by atoms with Crippen LogP contribution in [-0.4, -0.2) is 50.6 Å². The van der Waals surface area contributed by atoms with Gasteiger partial charge in [-0.3, -0.25) is 9.69 Å². The largest absolute Gasteiger partial charge is 0.495 e. The summed E-state index contributed by atoms with van der Waals surface area (Å²) in [6, 6.07) is 13.1. The van der Waals surface area contributed by atoms with Gasteiger partial charge < -0.3 is 20.7 Å². The van der Waals surface area contributed by atoms with E-state index >= 15 is 0 Å². The van der Waals surface area contributed by atoms with Gasteiger partial charge in [-0.2, -0.15) is 0 Å². The van der Waals surface area contributed by atoms with Crippen LogP contribution in [0.1, 0.15) is 21.5 Å². The van der Waals surface area contributed by atoms with E-state index in [9.17, 15) is 9.59 Å². The number of nitrogens with one attached hydrogen (secondary N) is 3. The molecule has 2 aromatic rings. The van der Waals surface area contributed by atoms with Crippen molar-refractivity contribution in [2.24, 2.45) is 0 Å². The topological polar surface area (TPSA) is 82.7 Å². The number of carbonyl (C=O) groups is 2. The van der Waals surface area contributed by atoms with Crippen LogP contribution in [-0.2, 0) is 13.0 Å². The van der Waals surface area contributed by atoms with Gasteiger partial charge in [0.1, 0.15) is 5.75 Å². The highest BCUT2D eigenvalue weighted by molar-refractivity contribution is 5.97. The minimum Gasteiger partial charge on any atom is -0.495 e. The summed E-state index contributed by atoms with van der Waals surface area (Å²) in [7, 11) is 3.08. The highest BCUT2D eigenvalue weighted by Crippen LogP contribution is 2.25. The Kier molecular flexibility index (Phi) is 6.49. The first-order chi connectivity index (χ1) is 13.6. The van der Waals surface area contributed by atoms with Gasteiger partial charge >= 0.3 is 6.03 Å². The molecule has 7 nitrogen and oxygen atoms in total. The summed E-state index contributed by atoms with van der Waals surface area (Å²) in [5, 5.41) is 8.19. The molecule has 0 saturated carbocycles. The second-order valence-corrected chi connectivity index (χ2v) is 6.67. The van der Waals surface area contributed by atoms with E-state index < -0.39 is 0 Å². The van der Waals surface area contributed by atoms with E-state index in [4.69, 9.17) is 4.74 Å². The Balaban J connectivity index is 1.51. The Morgan fingerprint density at radius 3 is 2.68 bits per heavy atom. The van der Waals surface area contributed by atoms with Crippen LogP contribution in [0.5, 0.6) is 5.75 Å². The standard InChI is InChI=1S/C21H26N4O3/c1-22-20(26)16-7-8-19(28-2)18(13-16)24-21(27)23-10-12-25-11-9-15-5-3-4-6-17(15)14-25/h3-8,13H,9-12,14H2,1-2H3,(H,22,26)(H2,23,24,27). The SMILES string of the molecule is CNC(=O)c1ccc(OC)c(NC(=O)NCCN2CCc3ccccc3C2)c1. The smallest absolute Gasteiger partial charge is 0.319 e. The first-order valence-electron chi connectivity index (χ1n) is 9.35. The lowest BCUT2D eigenvalue weighted by atomic mass is 10.00. The van der Waals surface area contributed by atoms with Crippen molar-refractivity contribution in [3.63, 3.8) is 0 Å². The monoisotopic (exact) mass is 382 g/mol. The molecule has 0 unspecified atom stereocenters. The van der Waals surface area contributed by atoms with E-state index in [1.165, 1.54) is 18.2 Å². The molecule has 0 fully saturated rings. The van der Waals surface area contributed by atoms with Gasteiger partial charge in [-0.1, -0.05) is 24.3 Å². The van der Waals surface area contributed by atoms with E-state index in [1.54, 1.807) is 25.2 Å². The average molecular weight is 382 g/mol. The van der Waals surface area contributed by atoms with Crippen molar-refractivity contribution in [1.29, 1.82) is 0 Å². The molecule has 3 rings (SSSR count). The number of anilines is 1. The van der Waals surface area contributed by atoms with Crippen LogP contribution in [0.15, 0.2) is 42.5 Å². The minimum atomic E-state index is -0.329. The summed E-state index contributed by atoms with van der Waals surface area (Å²) in [4.78, 5) is 26.4. The summed E-state index contributed by atoms with van der Waals surface area (Å²) in [6.45, 7) is 3.20. The lowest BCUT2D eigenvalue weighted by Crippen LogP contribution is -2.39. The maximum Gasteiger partial charge on any atom is 0.319 e. The molecule has 3 amide bonds. The highest BCUT2D eigenvalue weighted by atomic mass is 16.5. The minimum absolute atomic E-state index is 0.225. The van der Waals surface area contributed by atoms with Gasteiger partial charge in [0.25, 0.3) is 5.91 Å². The highest BCUT2D eigenvalue weighted by Gasteiger charge is 2.16. The Morgan fingerprint density at radius 2 is 1.93 bits per heavy atom. The van der Waals surface area contributed by atoms with Crippen LogP contribution < -0.4 is 20.7 Å². The van der Waals surface area contributed by atoms with Gasteiger partial charge in [-0.25, -0.2) is 4.79 Å². The third-order valence-electron chi connectivity index (χ3n) is 4.86. The van der Waals surface area contributed by atoms with Crippen molar-refractivity contribution in [2.45, 2.75) is 13.0 Å². The molecule has 0 radical (unpaired) electrons. The van der Waals surface area contributed by atoms with Crippen LogP contribution in [0.3, 0.4) is 0 Å². The molecule has 0 atom stereocenters. The van der Waals surface area contributed by atoms with Crippen molar-refractivity contribution in [2.75, 3.05) is 39.1 Å². The molecule has 2 aromatic carbocycles. The molecule has 3 N–H and O–H groups in total. The molecule has 0 aromatic heterocycles. The predicted molar refractivity (Wildman–Crippen MR) is 109 cm³/mol. The zero-order valence-electron chi connectivity index (χ0n) is 16.2. The predicted octanol–water partition coefficient (Wildman–Crippen LogP) is 2.23. The molecule has 28 heavy (non-hydrogen) atoms. The van der Waals surface area contributed by atoms with Crippen molar-refractivity contribution in [3.05, 3.63) is 59.2 Å². The number of methoxy groups -OCH3 is 1. The normalized spacial score (nSPS) is 13.4. The third kappa shape index (κ3) is 4.80. The summed E-state index contributed by atoms with van der Waals surface area (Å²) < 4.78 is 5.27. The van der Waals surface area contributed by atoms with Crippen LogP contribution in [0.25, 0.3) is 0 Å². The quantitative estimate of drug-likeness (QED) is 0.716. The van der Waals surface area contributed by atoms with Crippen molar-refractivity contribution >= 4 is 17.6 Å². The van der Waals surface area contributed by atoms with Gasteiger partial charge in [0, 0.05) is 38.8 Å². The average Bonchev–Trinajstić information content (AvgIpc) is 2.73. The Bertz CT molecular complexity index is 853. The van der Waals surface area contributed by atoms with E-state index in [-0.39, 0.29) is 11.9 Å². The fourth-order valence-corrected chi connectivity index (χ4v) is 3.33. The Morgan fingerprint density at radius 1 is 1.14 bits per heavy atom. The summed E-state index contributed by atoms with van der Waals surface area (Å²) in [6.07, 6.45) is 1.03. The first kappa shape index (κ1) is 19.7. The third-order valence-corrected chi connectivity index (χ3v) is 4.86. The molecule has 1 heterocycles. The van der Waals surface area contributed by atoms with Crippen molar-refractivity contribution in [3.8, 4) is 5.75 Å². The number of rotatable bonds is 6. The second-order valence-electron chi connectivity index (χ2n) is 6.67. The Hall–Kier alpha value is -3.06. The number of carbonyl (C=O) groups excluding carboxylic acids is 2. The molecule has 0 aliphatic carbocycles. The summed E-state index contributed by atoms with van der Waals surface area (Å²) >= 11 is 0. The van der Waals surface area contributed by atoms with E-state index in [0.717, 1.165) is 26.1 Å². The number of fused-ring (bicyclic) bond motifs is 1. The zero-order chi connectivity index (χ0) is 19.9. The fourth-order valence-electron chi connectivity index (χ4n) is 3.33. The second kappa shape index (κ2) is 9.23. The molecule has 0 spiro atoms. The van der Waals surface area contributed by atoms with E-state index in [1.807, 2.05) is 0 Å². The molecule has 148 valence electrons. The lowest BCUT2D eigenvalue weighted by molar-refractivity contribution is 0.0963. The van der Waals surface area contributed by atoms with Crippen LogP contribution in [0.2, 0.25) is 0 Å². The van der Waals surface area contributed by atoms with E-state index in [0.29, 0.717) is 23.5 Å². The number of amides is 3. The Labute approximate surface area is 165 Å². The van der Waals surface area contributed by atoms with Crippen LogP contribution in [0.4, 0.5) is 10.5 Å². The number of ether oxygens (including phenoxy) is 1. The number of urea groups is 1. The maximum atomic E-state index is 12.3. The van der Waals surface area contributed by atoms with E-state index in [2.05, 4.69) is 45.1 Å². The lowest BCUT2D eigenvalue weighted by Gasteiger charge is -2.28. The van der Waals surface area contributed by atoms with Crippen molar-refractivity contribution in [1.82, 2.24) is 15.5 Å². The first-order valence-corrected chi connectivity index (χ1v) is 9.35. The van der Waals surface area contributed by atoms with Crippen LogP contribution in [0, 0.1) is 0 Å². The molecular formula is C21H26N4O3. The van der Waals surface area contributed by atoms with Gasteiger partial charge in [0.15, 0.2) is 0 Å². The number of nitrogens with zero attached hydrogens (tertiary/aromatic N) is 1. The van der Waals surface area contributed by atoms with Gasteiger partial charge in [0.2, 0.25) is 0 Å². The number of hydrogen-bond donors (Lipinski definition) is 3. The van der Waals surface area contributed by atoms with Gasteiger partial charge in [0.05, 0.1) is 12.8 Å². The molecule has 7 heteroatoms. The van der Waals surface area contributed by atoms with Gasteiger partial charge in [-0.05, 0) is 35.7 Å². The summed E-state index contributed by atoms with van der Waals surface area (Å²) in [5.74, 6) is 0.270.